The van der Waals surface area contributed by atoms with Gasteiger partial charge in [-0.25, -0.2) is 4.79 Å². The molecule has 0 aromatic carbocycles. The number of cyclic esters (lactones) is 1. The molecule has 2 fully saturated rings. The van der Waals surface area contributed by atoms with Crippen LogP contribution in [0.1, 0.15) is 58.8 Å². The van der Waals surface area contributed by atoms with Crippen LogP contribution in [0.25, 0.3) is 0 Å². The highest BCUT2D eigenvalue weighted by Crippen LogP contribution is 2.62. The number of ether oxygens (including phenoxy) is 2. The maximum atomic E-state index is 12.6. The van der Waals surface area contributed by atoms with Gasteiger partial charge in [-0.3, -0.25) is 4.79 Å². The monoisotopic (exact) mass is 346 g/mol. The number of esters is 2. The molecule has 0 bridgehead atoms. The first-order valence-electron chi connectivity index (χ1n) is 9.45. The van der Waals surface area contributed by atoms with E-state index in [0.717, 1.165) is 50.5 Å². The van der Waals surface area contributed by atoms with Gasteiger partial charge in [0.05, 0.1) is 12.5 Å². The summed E-state index contributed by atoms with van der Waals surface area (Å²) in [7, 11) is 1.50. The van der Waals surface area contributed by atoms with E-state index in [2.05, 4.69) is 20.4 Å². The van der Waals surface area contributed by atoms with E-state index in [0.29, 0.717) is 18.4 Å². The van der Waals surface area contributed by atoms with E-state index in [1.54, 1.807) is 0 Å². The molecule has 1 heterocycles. The Kier molecular flexibility index (Phi) is 4.82. The van der Waals surface area contributed by atoms with Gasteiger partial charge in [-0.05, 0) is 68.8 Å². The molecule has 25 heavy (non-hydrogen) atoms. The van der Waals surface area contributed by atoms with Gasteiger partial charge in [-0.15, -0.1) is 0 Å². The number of rotatable bonds is 4. The summed E-state index contributed by atoms with van der Waals surface area (Å²) in [6.45, 7) is 9.17. The van der Waals surface area contributed by atoms with Crippen LogP contribution in [-0.4, -0.2) is 25.7 Å². The minimum absolute atomic E-state index is 0.0413. The molecule has 3 rings (SSSR count). The highest BCUT2D eigenvalue weighted by Gasteiger charge is 2.57. The Morgan fingerprint density at radius 2 is 2.16 bits per heavy atom. The number of hydrogen-bond acceptors (Lipinski definition) is 4. The highest BCUT2D eigenvalue weighted by atomic mass is 16.5. The van der Waals surface area contributed by atoms with E-state index in [4.69, 9.17) is 9.47 Å². The van der Waals surface area contributed by atoms with Crippen LogP contribution in [0.2, 0.25) is 0 Å². The van der Waals surface area contributed by atoms with E-state index >= 15 is 0 Å². The molecule has 4 nitrogen and oxygen atoms in total. The van der Waals surface area contributed by atoms with Gasteiger partial charge in [0.2, 0.25) is 0 Å². The molecule has 1 aliphatic heterocycles. The molecule has 4 atom stereocenters. The zero-order chi connectivity index (χ0) is 18.2. The zero-order valence-electron chi connectivity index (χ0n) is 15.7. The van der Waals surface area contributed by atoms with E-state index in [1.807, 2.05) is 6.08 Å². The average Bonchev–Trinajstić information content (AvgIpc) is 2.98. The van der Waals surface area contributed by atoms with E-state index in [-0.39, 0.29) is 17.4 Å². The highest BCUT2D eigenvalue weighted by molar-refractivity contribution is 5.90. The van der Waals surface area contributed by atoms with Crippen LogP contribution in [0.4, 0.5) is 0 Å². The summed E-state index contributed by atoms with van der Waals surface area (Å²) in [5.74, 6) is 0.397. The lowest BCUT2D eigenvalue weighted by molar-refractivity contribution is -0.168. The average molecular weight is 346 g/mol. The summed E-state index contributed by atoms with van der Waals surface area (Å²) < 4.78 is 10.2. The van der Waals surface area contributed by atoms with Gasteiger partial charge in [-0.1, -0.05) is 25.5 Å². The molecule has 0 aromatic heterocycles. The molecular weight excluding hydrogens is 316 g/mol. The molecule has 3 aliphatic rings. The fourth-order valence-corrected chi connectivity index (χ4v) is 5.86. The first kappa shape index (κ1) is 18.2. The lowest BCUT2D eigenvalue weighted by atomic mass is 9.46. The Balaban J connectivity index is 1.84. The molecule has 2 aliphatic carbocycles. The fraction of sp³-hybridized carbons (Fsp3) is 0.714. The molecule has 2 saturated carbocycles. The summed E-state index contributed by atoms with van der Waals surface area (Å²) in [4.78, 5) is 24.3. The Morgan fingerprint density at radius 3 is 2.80 bits per heavy atom. The van der Waals surface area contributed by atoms with Crippen molar-refractivity contribution in [1.82, 2.24) is 0 Å². The third-order valence-corrected chi connectivity index (χ3v) is 7.18. The van der Waals surface area contributed by atoms with Crippen LogP contribution in [0.15, 0.2) is 23.8 Å². The molecular formula is C21H30O4. The van der Waals surface area contributed by atoms with Crippen LogP contribution in [0.5, 0.6) is 0 Å². The minimum atomic E-state index is -0.410. The van der Waals surface area contributed by atoms with Crippen molar-refractivity contribution in [1.29, 1.82) is 0 Å². The Labute approximate surface area is 150 Å². The molecule has 0 spiro atoms. The summed E-state index contributed by atoms with van der Waals surface area (Å²) in [6, 6.07) is 0. The van der Waals surface area contributed by atoms with Crippen LogP contribution >= 0.6 is 0 Å². The lowest BCUT2D eigenvalue weighted by Crippen LogP contribution is -2.53. The van der Waals surface area contributed by atoms with Gasteiger partial charge < -0.3 is 9.47 Å². The van der Waals surface area contributed by atoms with Crippen molar-refractivity contribution in [3.8, 4) is 0 Å². The smallest absolute Gasteiger partial charge is 0.334 e. The third-order valence-electron chi connectivity index (χ3n) is 7.18. The number of carbonyl (C=O) groups excluding carboxylic acids is 2. The van der Waals surface area contributed by atoms with Gasteiger partial charge in [0, 0.05) is 5.57 Å². The molecule has 0 aromatic rings. The minimum Gasteiger partial charge on any atom is -0.469 e. The number of allylic oxidation sites excluding steroid dienone is 1. The normalized spacial score (nSPS) is 38.0. The van der Waals surface area contributed by atoms with Crippen LogP contribution in [0.3, 0.4) is 0 Å². The SMILES string of the molecule is C=C1CC[C@@H]2[C@@](C)(CCC[C@]2(C)C(=O)OC)[C@@H]1CCC1=CCOC1=O. The third kappa shape index (κ3) is 2.94. The fourth-order valence-electron chi connectivity index (χ4n) is 5.86. The predicted octanol–water partition coefficient (Wildman–Crippen LogP) is 4.20. The van der Waals surface area contributed by atoms with Gasteiger partial charge in [-0.2, -0.15) is 0 Å². The quantitative estimate of drug-likeness (QED) is 0.565. The summed E-state index contributed by atoms with van der Waals surface area (Å²) >= 11 is 0. The maximum absolute atomic E-state index is 12.6. The van der Waals surface area contributed by atoms with Crippen LogP contribution in [-0.2, 0) is 19.1 Å². The van der Waals surface area contributed by atoms with Crippen molar-refractivity contribution in [3.05, 3.63) is 23.8 Å². The predicted molar refractivity (Wildman–Crippen MR) is 95.7 cm³/mol. The molecule has 0 N–H and O–H groups in total. The standard InChI is InChI=1S/C21H30O4/c1-14-6-9-17-20(2,11-5-12-21(17,3)19(23)24-4)16(14)8-7-15-10-13-25-18(15)22/h10,16-17H,1,5-9,11-13H2,2-4H3/t16-,17-,20+,21+/m1/s1. The molecule has 0 amide bonds. The Bertz CT molecular complexity index is 619. The van der Waals surface area contributed by atoms with Gasteiger partial charge >= 0.3 is 11.9 Å². The number of methoxy groups -OCH3 is 1. The first-order valence-corrected chi connectivity index (χ1v) is 9.45. The molecule has 0 radical (unpaired) electrons. The van der Waals surface area contributed by atoms with Gasteiger partial charge in [0.1, 0.15) is 6.61 Å². The van der Waals surface area contributed by atoms with Crippen LogP contribution in [0, 0.1) is 22.7 Å². The van der Waals surface area contributed by atoms with E-state index in [9.17, 15) is 9.59 Å². The second-order valence-corrected chi connectivity index (χ2v) is 8.44. The largest absolute Gasteiger partial charge is 0.469 e. The number of hydrogen-bond donors (Lipinski definition) is 0. The van der Waals surface area contributed by atoms with Gasteiger partial charge in [0.25, 0.3) is 0 Å². The molecule has 138 valence electrons. The van der Waals surface area contributed by atoms with E-state index < -0.39 is 5.41 Å². The zero-order valence-corrected chi connectivity index (χ0v) is 15.7. The Hall–Kier alpha value is -1.58. The van der Waals surface area contributed by atoms with Crippen molar-refractivity contribution in [2.75, 3.05) is 13.7 Å². The summed E-state index contributed by atoms with van der Waals surface area (Å²) in [5, 5.41) is 0. The van der Waals surface area contributed by atoms with Gasteiger partial charge in [0.15, 0.2) is 0 Å². The lowest BCUT2D eigenvalue weighted by Gasteiger charge is -2.57. The van der Waals surface area contributed by atoms with Crippen LogP contribution < -0.4 is 0 Å². The number of fused-ring (bicyclic) bond motifs is 1. The van der Waals surface area contributed by atoms with Crippen molar-refractivity contribution < 1.29 is 19.1 Å². The molecule has 0 unspecified atom stereocenters. The molecule has 4 heteroatoms. The first-order chi connectivity index (χ1) is 11.8. The Morgan fingerprint density at radius 1 is 1.40 bits per heavy atom. The topological polar surface area (TPSA) is 52.6 Å². The summed E-state index contributed by atoms with van der Waals surface area (Å²) in [5.41, 5.74) is 1.70. The van der Waals surface area contributed by atoms with Crippen molar-refractivity contribution >= 4 is 11.9 Å². The second-order valence-electron chi connectivity index (χ2n) is 8.44. The number of carbonyl (C=O) groups is 2. The second kappa shape index (κ2) is 6.62. The van der Waals surface area contributed by atoms with Crippen molar-refractivity contribution in [3.63, 3.8) is 0 Å². The summed E-state index contributed by atoms with van der Waals surface area (Å²) in [6.07, 6.45) is 8.54. The van der Waals surface area contributed by atoms with E-state index in [1.165, 1.54) is 12.7 Å². The van der Waals surface area contributed by atoms with Crippen molar-refractivity contribution in [2.24, 2.45) is 22.7 Å². The van der Waals surface area contributed by atoms with Crippen molar-refractivity contribution in [2.45, 2.75) is 58.8 Å². The molecule has 0 saturated heterocycles. The maximum Gasteiger partial charge on any atom is 0.334 e.